The molecule has 2 aromatic carbocycles. The van der Waals surface area contributed by atoms with E-state index in [1.165, 1.54) is 18.2 Å². The predicted octanol–water partition coefficient (Wildman–Crippen LogP) is 3.37. The lowest BCUT2D eigenvalue weighted by Gasteiger charge is -2.15. The summed E-state index contributed by atoms with van der Waals surface area (Å²) in [5, 5.41) is 0.955. The molecule has 4 rings (SSSR count). The van der Waals surface area contributed by atoms with Gasteiger partial charge in [0.15, 0.2) is 0 Å². The fourth-order valence-electron chi connectivity index (χ4n) is 3.47. The first kappa shape index (κ1) is 18.7. The van der Waals surface area contributed by atoms with Crippen molar-refractivity contribution in [2.75, 3.05) is 0 Å². The molecule has 2 heterocycles. The topological polar surface area (TPSA) is 79.4 Å². The molecule has 29 heavy (non-hydrogen) atoms. The van der Waals surface area contributed by atoms with Crippen LogP contribution in [-0.4, -0.2) is 27.7 Å². The minimum atomic E-state index is -0.689. The van der Waals surface area contributed by atoms with E-state index in [0.29, 0.717) is 16.2 Å². The van der Waals surface area contributed by atoms with Crippen LogP contribution in [0.5, 0.6) is 0 Å². The smallest absolute Gasteiger partial charge is 0.273 e. The number of halogens is 1. The molecule has 3 aromatic rings. The summed E-state index contributed by atoms with van der Waals surface area (Å²) >= 11 is 0. The molecule has 1 aliphatic heterocycles. The monoisotopic (exact) mass is 391 g/mol. The maximum Gasteiger partial charge on any atom is 0.282 e. The van der Waals surface area contributed by atoms with Crippen molar-refractivity contribution in [2.24, 2.45) is 0 Å². The van der Waals surface area contributed by atoms with E-state index in [-0.39, 0.29) is 28.9 Å². The quantitative estimate of drug-likeness (QED) is 0.692. The third kappa shape index (κ3) is 3.24. The molecular weight excluding hydrogens is 373 g/mol. The number of carbonyl (C=O) groups excluding carboxylic acids is 3. The number of amides is 3. The van der Waals surface area contributed by atoms with Crippen LogP contribution >= 0.6 is 0 Å². The Balaban J connectivity index is 1.74. The number of fused-ring (bicyclic) bond motifs is 3. The molecule has 3 amide bonds. The molecule has 0 aliphatic carbocycles. The Labute approximate surface area is 166 Å². The molecule has 1 aromatic heterocycles. The Morgan fingerprint density at radius 1 is 1.07 bits per heavy atom. The van der Waals surface area contributed by atoms with E-state index in [1.807, 2.05) is 19.9 Å². The minimum absolute atomic E-state index is 0.0128. The second-order valence-electron chi connectivity index (χ2n) is 7.21. The summed E-state index contributed by atoms with van der Waals surface area (Å²) in [6.45, 7) is 3.71. The maximum absolute atomic E-state index is 13.8. The molecule has 0 spiro atoms. The third-order valence-electron chi connectivity index (χ3n) is 4.80. The summed E-state index contributed by atoms with van der Waals surface area (Å²) in [7, 11) is 0. The van der Waals surface area contributed by atoms with Gasteiger partial charge in [-0.15, -0.1) is 0 Å². The van der Waals surface area contributed by atoms with Gasteiger partial charge in [-0.25, -0.2) is 4.39 Å². The Hall–Kier alpha value is -3.61. The summed E-state index contributed by atoms with van der Waals surface area (Å²) in [4.78, 5) is 42.9. The average molecular weight is 391 g/mol. The number of hydrazine groups is 1. The van der Waals surface area contributed by atoms with Gasteiger partial charge in [0.05, 0.1) is 28.8 Å². The molecule has 0 saturated carbocycles. The van der Waals surface area contributed by atoms with Crippen LogP contribution in [0.2, 0.25) is 0 Å². The van der Waals surface area contributed by atoms with Gasteiger partial charge in [-0.1, -0.05) is 44.2 Å². The highest BCUT2D eigenvalue weighted by atomic mass is 19.1. The largest absolute Gasteiger partial charge is 0.282 e. The Kier molecular flexibility index (Phi) is 4.58. The van der Waals surface area contributed by atoms with Crippen LogP contribution in [-0.2, 0) is 11.2 Å². The summed E-state index contributed by atoms with van der Waals surface area (Å²) in [5.41, 5.74) is 4.19. The van der Waals surface area contributed by atoms with Crippen LogP contribution in [0.3, 0.4) is 0 Å². The van der Waals surface area contributed by atoms with Crippen LogP contribution in [0.4, 0.5) is 4.39 Å². The van der Waals surface area contributed by atoms with Crippen molar-refractivity contribution in [3.63, 3.8) is 0 Å². The van der Waals surface area contributed by atoms with Crippen molar-refractivity contribution in [3.8, 4) is 0 Å². The molecule has 6 nitrogen and oxygen atoms in total. The number of rotatable bonds is 4. The van der Waals surface area contributed by atoms with Crippen molar-refractivity contribution < 1.29 is 18.8 Å². The van der Waals surface area contributed by atoms with E-state index in [1.54, 1.807) is 24.3 Å². The van der Waals surface area contributed by atoms with Crippen LogP contribution in [0.15, 0.2) is 48.5 Å². The Bertz CT molecular complexity index is 1160. The molecule has 0 unspecified atom stereocenters. The molecule has 1 aliphatic rings. The summed E-state index contributed by atoms with van der Waals surface area (Å²) in [6.07, 6.45) is 0.0128. The minimum Gasteiger partial charge on any atom is -0.273 e. The lowest BCUT2D eigenvalue weighted by molar-refractivity contribution is -0.123. The first-order valence-electron chi connectivity index (χ1n) is 9.22. The van der Waals surface area contributed by atoms with Crippen molar-refractivity contribution in [3.05, 3.63) is 76.7 Å². The number of hydrogen-bond acceptors (Lipinski definition) is 4. The number of aromatic nitrogens is 1. The number of benzene rings is 2. The van der Waals surface area contributed by atoms with Gasteiger partial charge in [-0.05, 0) is 29.7 Å². The molecule has 0 radical (unpaired) electrons. The van der Waals surface area contributed by atoms with E-state index < -0.39 is 23.5 Å². The zero-order chi connectivity index (χ0) is 20.7. The van der Waals surface area contributed by atoms with Gasteiger partial charge in [0.25, 0.3) is 11.8 Å². The summed E-state index contributed by atoms with van der Waals surface area (Å²) in [5.74, 6) is -2.53. The zero-order valence-corrected chi connectivity index (χ0v) is 15.9. The number of nitrogens with zero attached hydrogens (tertiary/aromatic N) is 2. The van der Waals surface area contributed by atoms with Crippen molar-refractivity contribution in [1.29, 1.82) is 0 Å². The molecule has 1 N–H and O–H groups in total. The van der Waals surface area contributed by atoms with Crippen molar-refractivity contribution in [1.82, 2.24) is 15.4 Å². The molecule has 0 saturated heterocycles. The highest BCUT2D eigenvalue weighted by molar-refractivity contribution is 6.26. The first-order chi connectivity index (χ1) is 13.9. The maximum atomic E-state index is 13.8. The van der Waals surface area contributed by atoms with Crippen LogP contribution in [0, 0.1) is 5.82 Å². The van der Waals surface area contributed by atoms with Crippen molar-refractivity contribution in [2.45, 2.75) is 26.2 Å². The van der Waals surface area contributed by atoms with E-state index in [9.17, 15) is 18.8 Å². The van der Waals surface area contributed by atoms with Crippen LogP contribution < -0.4 is 5.43 Å². The third-order valence-corrected chi connectivity index (χ3v) is 4.80. The van der Waals surface area contributed by atoms with Gasteiger partial charge < -0.3 is 0 Å². The average Bonchev–Trinajstić information content (AvgIpc) is 2.93. The number of imide groups is 1. The fourth-order valence-corrected chi connectivity index (χ4v) is 3.47. The SMILES string of the molecule is CC(C)c1nc2ccc(F)cc2c2c1C(=O)N(NC(=O)Cc1ccccc1)C2=O. The van der Waals surface area contributed by atoms with Gasteiger partial charge in [-0.2, -0.15) is 5.01 Å². The van der Waals surface area contributed by atoms with Gasteiger partial charge >= 0.3 is 0 Å². The van der Waals surface area contributed by atoms with E-state index in [2.05, 4.69) is 10.4 Å². The molecule has 146 valence electrons. The van der Waals surface area contributed by atoms with E-state index >= 15 is 0 Å². The molecule has 0 atom stereocenters. The number of hydrogen-bond donors (Lipinski definition) is 1. The van der Waals surface area contributed by atoms with Crippen molar-refractivity contribution >= 4 is 28.6 Å². The lowest BCUT2D eigenvalue weighted by atomic mass is 9.97. The highest BCUT2D eigenvalue weighted by Crippen LogP contribution is 2.34. The lowest BCUT2D eigenvalue weighted by Crippen LogP contribution is -2.46. The number of nitrogens with one attached hydrogen (secondary N) is 1. The number of pyridine rings is 1. The van der Waals surface area contributed by atoms with Gasteiger partial charge in [0.1, 0.15) is 5.82 Å². The molecule has 0 fully saturated rings. The Morgan fingerprint density at radius 2 is 1.76 bits per heavy atom. The molecule has 0 bridgehead atoms. The molecule has 7 heteroatoms. The second-order valence-corrected chi connectivity index (χ2v) is 7.21. The predicted molar refractivity (Wildman–Crippen MR) is 105 cm³/mol. The zero-order valence-electron chi connectivity index (χ0n) is 15.9. The summed E-state index contributed by atoms with van der Waals surface area (Å²) < 4.78 is 13.8. The van der Waals surface area contributed by atoms with Gasteiger partial charge in [0, 0.05) is 5.39 Å². The van der Waals surface area contributed by atoms with Crippen LogP contribution in [0.25, 0.3) is 10.9 Å². The van der Waals surface area contributed by atoms with Gasteiger partial charge in [-0.3, -0.25) is 24.8 Å². The standard InChI is InChI=1S/C22H18FN3O3/c1-12(2)20-19-18(15-11-14(23)8-9-16(15)24-20)21(28)26(22(19)29)25-17(27)10-13-6-4-3-5-7-13/h3-9,11-12H,10H2,1-2H3,(H,25,27). The second kappa shape index (κ2) is 7.09. The highest BCUT2D eigenvalue weighted by Gasteiger charge is 2.41. The normalized spacial score (nSPS) is 13.3. The fraction of sp³-hybridized carbons (Fsp3) is 0.182. The van der Waals surface area contributed by atoms with Crippen LogP contribution in [0.1, 0.15) is 51.7 Å². The molecular formula is C22H18FN3O3. The van der Waals surface area contributed by atoms with E-state index in [0.717, 1.165) is 5.56 Å². The Morgan fingerprint density at radius 3 is 2.45 bits per heavy atom. The van der Waals surface area contributed by atoms with Gasteiger partial charge in [0.2, 0.25) is 5.91 Å². The first-order valence-corrected chi connectivity index (χ1v) is 9.22. The number of carbonyl (C=O) groups is 3. The summed E-state index contributed by atoms with van der Waals surface area (Å²) in [6, 6.07) is 12.9. The van der Waals surface area contributed by atoms with E-state index in [4.69, 9.17) is 0 Å².